The Morgan fingerprint density at radius 3 is 2.71 bits per heavy atom. The Hall–Kier alpha value is -1.74. The van der Waals surface area contributed by atoms with E-state index < -0.39 is 0 Å². The van der Waals surface area contributed by atoms with Crippen LogP contribution in [0.2, 0.25) is 0 Å². The molecule has 0 bridgehead atoms. The van der Waals surface area contributed by atoms with E-state index >= 15 is 0 Å². The summed E-state index contributed by atoms with van der Waals surface area (Å²) in [6, 6.07) is 13.7. The zero-order valence-corrected chi connectivity index (χ0v) is 9.93. The van der Waals surface area contributed by atoms with Crippen LogP contribution in [0.15, 0.2) is 53.1 Å². The van der Waals surface area contributed by atoms with Gasteiger partial charge in [0, 0.05) is 6.54 Å². The summed E-state index contributed by atoms with van der Waals surface area (Å²) in [5, 5.41) is 3.29. The second kappa shape index (κ2) is 6.11. The highest BCUT2D eigenvalue weighted by atomic mass is 16.5. The molecule has 0 radical (unpaired) electrons. The average molecular weight is 231 g/mol. The smallest absolute Gasteiger partial charge is 0.119 e. The van der Waals surface area contributed by atoms with Gasteiger partial charge >= 0.3 is 0 Å². The first-order chi connectivity index (χ1) is 8.34. The Balaban J connectivity index is 1.69. The molecule has 0 aliphatic rings. The van der Waals surface area contributed by atoms with E-state index in [1.165, 1.54) is 0 Å². The molecule has 0 saturated carbocycles. The molecule has 90 valence electrons. The summed E-state index contributed by atoms with van der Waals surface area (Å²) in [5.74, 6) is 1.84. The maximum absolute atomic E-state index is 5.74. The van der Waals surface area contributed by atoms with Gasteiger partial charge in [-0.2, -0.15) is 0 Å². The highest BCUT2D eigenvalue weighted by Crippen LogP contribution is 2.10. The van der Waals surface area contributed by atoms with E-state index in [-0.39, 0.29) is 6.10 Å². The lowest BCUT2D eigenvalue weighted by atomic mass is 10.3. The lowest BCUT2D eigenvalue weighted by molar-refractivity contribution is 0.215. The summed E-state index contributed by atoms with van der Waals surface area (Å²) in [5.41, 5.74) is 0. The minimum absolute atomic E-state index is 0.132. The first-order valence-electron chi connectivity index (χ1n) is 5.79. The molecule has 3 nitrogen and oxygen atoms in total. The third-order valence-electron chi connectivity index (χ3n) is 2.39. The van der Waals surface area contributed by atoms with Crippen molar-refractivity contribution in [3.05, 3.63) is 54.5 Å². The van der Waals surface area contributed by atoms with Gasteiger partial charge in [-0.1, -0.05) is 18.2 Å². The Bertz CT molecular complexity index is 411. The topological polar surface area (TPSA) is 34.4 Å². The van der Waals surface area contributed by atoms with Gasteiger partial charge in [0.1, 0.15) is 17.6 Å². The molecular weight excluding hydrogens is 214 g/mol. The van der Waals surface area contributed by atoms with Gasteiger partial charge in [0.25, 0.3) is 0 Å². The van der Waals surface area contributed by atoms with E-state index in [9.17, 15) is 0 Å². The molecule has 1 N–H and O–H groups in total. The summed E-state index contributed by atoms with van der Waals surface area (Å²) < 4.78 is 11.0. The van der Waals surface area contributed by atoms with E-state index in [1.807, 2.05) is 49.4 Å². The van der Waals surface area contributed by atoms with Crippen LogP contribution >= 0.6 is 0 Å². The van der Waals surface area contributed by atoms with Crippen molar-refractivity contribution in [2.45, 2.75) is 19.6 Å². The number of hydrogen-bond acceptors (Lipinski definition) is 3. The van der Waals surface area contributed by atoms with Gasteiger partial charge in [-0.25, -0.2) is 0 Å². The predicted octanol–water partition coefficient (Wildman–Crippen LogP) is 2.84. The molecule has 0 amide bonds. The molecule has 0 aliphatic heterocycles. The molecule has 17 heavy (non-hydrogen) atoms. The number of para-hydroxylation sites is 1. The number of furan rings is 1. The molecule has 3 heteroatoms. The van der Waals surface area contributed by atoms with Crippen LogP contribution in [-0.2, 0) is 6.54 Å². The molecular formula is C14H17NO2. The van der Waals surface area contributed by atoms with E-state index in [2.05, 4.69) is 5.32 Å². The summed E-state index contributed by atoms with van der Waals surface area (Å²) in [6.07, 6.45) is 1.81. The Kier molecular flexibility index (Phi) is 4.22. The summed E-state index contributed by atoms with van der Waals surface area (Å²) in [6.45, 7) is 3.56. The monoisotopic (exact) mass is 231 g/mol. The first kappa shape index (κ1) is 11.7. The Morgan fingerprint density at radius 2 is 2.00 bits per heavy atom. The third-order valence-corrected chi connectivity index (χ3v) is 2.39. The van der Waals surface area contributed by atoms with E-state index in [1.54, 1.807) is 6.26 Å². The molecule has 1 aromatic carbocycles. The van der Waals surface area contributed by atoms with Crippen LogP contribution in [-0.4, -0.2) is 12.6 Å². The Labute approximate surface area is 101 Å². The van der Waals surface area contributed by atoms with Gasteiger partial charge in [-0.15, -0.1) is 0 Å². The molecule has 0 aliphatic carbocycles. The Morgan fingerprint density at radius 1 is 1.18 bits per heavy atom. The standard InChI is InChI=1S/C14H17NO2/c1-12(17-13-6-3-2-4-7-13)10-15-11-14-8-5-9-16-14/h2-9,12,15H,10-11H2,1H3. The fourth-order valence-electron chi connectivity index (χ4n) is 1.58. The lowest BCUT2D eigenvalue weighted by Gasteiger charge is -2.14. The summed E-state index contributed by atoms with van der Waals surface area (Å²) in [7, 11) is 0. The SMILES string of the molecule is CC(CNCc1ccco1)Oc1ccccc1. The highest BCUT2D eigenvalue weighted by Gasteiger charge is 2.03. The van der Waals surface area contributed by atoms with E-state index in [0.717, 1.165) is 24.6 Å². The summed E-state index contributed by atoms with van der Waals surface area (Å²) >= 11 is 0. The zero-order valence-electron chi connectivity index (χ0n) is 9.93. The maximum Gasteiger partial charge on any atom is 0.119 e. The second-order valence-electron chi connectivity index (χ2n) is 3.95. The van der Waals surface area contributed by atoms with Crippen molar-refractivity contribution < 1.29 is 9.15 Å². The first-order valence-corrected chi connectivity index (χ1v) is 5.79. The molecule has 0 saturated heterocycles. The molecule has 1 unspecified atom stereocenters. The van der Waals surface area contributed by atoms with Crippen LogP contribution in [0.1, 0.15) is 12.7 Å². The molecule has 2 aromatic rings. The van der Waals surface area contributed by atoms with Gasteiger partial charge in [0.15, 0.2) is 0 Å². The molecule has 0 fully saturated rings. The minimum atomic E-state index is 0.132. The zero-order chi connectivity index (χ0) is 11.9. The van der Waals surface area contributed by atoms with Crippen LogP contribution in [0.4, 0.5) is 0 Å². The van der Waals surface area contributed by atoms with Gasteiger partial charge in [-0.3, -0.25) is 0 Å². The van der Waals surface area contributed by atoms with Crippen molar-refractivity contribution in [1.82, 2.24) is 5.32 Å². The van der Waals surface area contributed by atoms with Gasteiger partial charge in [-0.05, 0) is 31.2 Å². The number of benzene rings is 1. The van der Waals surface area contributed by atoms with E-state index in [4.69, 9.17) is 9.15 Å². The molecule has 1 aromatic heterocycles. The lowest BCUT2D eigenvalue weighted by Crippen LogP contribution is -2.28. The van der Waals surface area contributed by atoms with Crippen molar-refractivity contribution in [3.8, 4) is 5.75 Å². The highest BCUT2D eigenvalue weighted by molar-refractivity contribution is 5.21. The minimum Gasteiger partial charge on any atom is -0.489 e. The van der Waals surface area contributed by atoms with Gasteiger partial charge in [0.2, 0.25) is 0 Å². The van der Waals surface area contributed by atoms with Crippen molar-refractivity contribution >= 4 is 0 Å². The van der Waals surface area contributed by atoms with Crippen molar-refractivity contribution in [1.29, 1.82) is 0 Å². The van der Waals surface area contributed by atoms with Crippen molar-refractivity contribution in [2.24, 2.45) is 0 Å². The maximum atomic E-state index is 5.74. The van der Waals surface area contributed by atoms with Crippen LogP contribution in [0.3, 0.4) is 0 Å². The average Bonchev–Trinajstić information content (AvgIpc) is 2.83. The van der Waals surface area contributed by atoms with Crippen molar-refractivity contribution in [3.63, 3.8) is 0 Å². The number of nitrogens with one attached hydrogen (secondary N) is 1. The number of hydrogen-bond donors (Lipinski definition) is 1. The largest absolute Gasteiger partial charge is 0.489 e. The van der Waals surface area contributed by atoms with Crippen molar-refractivity contribution in [2.75, 3.05) is 6.54 Å². The molecule has 2 rings (SSSR count). The predicted molar refractivity (Wildman–Crippen MR) is 66.9 cm³/mol. The molecule has 1 atom stereocenters. The second-order valence-corrected chi connectivity index (χ2v) is 3.95. The molecule has 0 spiro atoms. The summed E-state index contributed by atoms with van der Waals surface area (Å²) in [4.78, 5) is 0. The van der Waals surface area contributed by atoms with Gasteiger partial charge in [0.05, 0.1) is 12.8 Å². The quantitative estimate of drug-likeness (QED) is 0.830. The van der Waals surface area contributed by atoms with Gasteiger partial charge < -0.3 is 14.5 Å². The number of ether oxygens (including phenoxy) is 1. The van der Waals surface area contributed by atoms with Crippen LogP contribution in [0.25, 0.3) is 0 Å². The normalized spacial score (nSPS) is 12.3. The fourth-order valence-corrected chi connectivity index (χ4v) is 1.58. The molecule has 1 heterocycles. The van der Waals surface area contributed by atoms with Crippen LogP contribution < -0.4 is 10.1 Å². The van der Waals surface area contributed by atoms with Crippen LogP contribution in [0, 0.1) is 0 Å². The fraction of sp³-hybridized carbons (Fsp3) is 0.286. The number of rotatable bonds is 6. The van der Waals surface area contributed by atoms with Crippen LogP contribution in [0.5, 0.6) is 5.75 Å². The van der Waals surface area contributed by atoms with E-state index in [0.29, 0.717) is 0 Å². The third kappa shape index (κ3) is 3.96.